The molecule has 0 aliphatic carbocycles. The van der Waals surface area contributed by atoms with Gasteiger partial charge in [0.25, 0.3) is 5.91 Å². The maximum Gasteiger partial charge on any atom is 0.254 e. The molecule has 0 radical (unpaired) electrons. The van der Waals surface area contributed by atoms with E-state index in [1.54, 1.807) is 0 Å². The fourth-order valence-electron chi connectivity index (χ4n) is 2.63. The van der Waals surface area contributed by atoms with Crippen molar-refractivity contribution in [3.05, 3.63) is 34.3 Å². The molecule has 2 rings (SSSR count). The lowest BCUT2D eigenvalue weighted by Crippen LogP contribution is -2.48. The van der Waals surface area contributed by atoms with E-state index in [0.717, 1.165) is 29.5 Å². The van der Waals surface area contributed by atoms with Crippen LogP contribution < -0.4 is 5.32 Å². The van der Waals surface area contributed by atoms with E-state index in [-0.39, 0.29) is 11.9 Å². The van der Waals surface area contributed by atoms with Crippen LogP contribution in [0, 0.1) is 0 Å². The smallest absolute Gasteiger partial charge is 0.254 e. The number of carbonyl (C=O) groups is 1. The summed E-state index contributed by atoms with van der Waals surface area (Å²) in [6, 6.07) is 8.28. The Balaban J connectivity index is 2.09. The maximum absolute atomic E-state index is 12.7. The van der Waals surface area contributed by atoms with Crippen LogP contribution in [0.15, 0.2) is 28.7 Å². The summed E-state index contributed by atoms with van der Waals surface area (Å²) < 4.78 is 0.947. The molecule has 110 valence electrons. The van der Waals surface area contributed by atoms with Crippen molar-refractivity contribution in [1.82, 2.24) is 10.2 Å². The first-order chi connectivity index (χ1) is 9.58. The Bertz CT molecular complexity index is 456. The third kappa shape index (κ3) is 4.06. The van der Waals surface area contributed by atoms with Gasteiger partial charge in [0.2, 0.25) is 0 Å². The van der Waals surface area contributed by atoms with Gasteiger partial charge in [0, 0.05) is 28.7 Å². The molecule has 1 aromatic rings. The third-order valence-electron chi connectivity index (χ3n) is 3.79. The van der Waals surface area contributed by atoms with E-state index < -0.39 is 0 Å². The van der Waals surface area contributed by atoms with E-state index in [2.05, 4.69) is 35.1 Å². The molecule has 4 heteroatoms. The van der Waals surface area contributed by atoms with Crippen LogP contribution in [0.3, 0.4) is 0 Å². The molecular formula is C16H23BrN2O. The number of nitrogens with zero attached hydrogens (tertiary/aromatic N) is 1. The van der Waals surface area contributed by atoms with E-state index in [4.69, 9.17) is 0 Å². The minimum Gasteiger partial charge on any atom is -0.335 e. The van der Waals surface area contributed by atoms with E-state index >= 15 is 0 Å². The molecule has 1 N–H and O–H groups in total. The zero-order valence-electron chi connectivity index (χ0n) is 12.2. The van der Waals surface area contributed by atoms with E-state index in [1.807, 2.05) is 29.2 Å². The van der Waals surface area contributed by atoms with Crippen LogP contribution in [-0.2, 0) is 0 Å². The number of halogens is 1. The Hall–Kier alpha value is -0.870. The second kappa shape index (κ2) is 7.23. The Labute approximate surface area is 129 Å². The van der Waals surface area contributed by atoms with Gasteiger partial charge in [-0.25, -0.2) is 0 Å². The van der Waals surface area contributed by atoms with Crippen molar-refractivity contribution in [1.29, 1.82) is 0 Å². The topological polar surface area (TPSA) is 32.3 Å². The van der Waals surface area contributed by atoms with Gasteiger partial charge < -0.3 is 10.2 Å². The summed E-state index contributed by atoms with van der Waals surface area (Å²) in [6.45, 7) is 6.03. The molecule has 1 atom stereocenters. The SMILES string of the molecule is CC(C)N(CC1CCCCN1)C(=O)c1cccc(Br)c1. The molecule has 1 aliphatic rings. The summed E-state index contributed by atoms with van der Waals surface area (Å²) in [6.07, 6.45) is 3.67. The summed E-state index contributed by atoms with van der Waals surface area (Å²) in [5, 5.41) is 3.52. The highest BCUT2D eigenvalue weighted by Gasteiger charge is 2.23. The molecule has 1 fully saturated rings. The molecule has 1 heterocycles. The zero-order valence-corrected chi connectivity index (χ0v) is 13.8. The number of hydrogen-bond donors (Lipinski definition) is 1. The molecule has 3 nitrogen and oxygen atoms in total. The van der Waals surface area contributed by atoms with Gasteiger partial charge in [0.1, 0.15) is 0 Å². The van der Waals surface area contributed by atoms with Gasteiger partial charge in [-0.2, -0.15) is 0 Å². The monoisotopic (exact) mass is 338 g/mol. The minimum atomic E-state index is 0.119. The van der Waals surface area contributed by atoms with Gasteiger partial charge in [-0.3, -0.25) is 4.79 Å². The first-order valence-corrected chi connectivity index (χ1v) is 8.17. The summed E-state index contributed by atoms with van der Waals surface area (Å²) in [4.78, 5) is 14.7. The third-order valence-corrected chi connectivity index (χ3v) is 4.28. The van der Waals surface area contributed by atoms with Crippen molar-refractivity contribution in [3.8, 4) is 0 Å². The van der Waals surface area contributed by atoms with Crippen LogP contribution in [0.25, 0.3) is 0 Å². The highest BCUT2D eigenvalue weighted by molar-refractivity contribution is 9.10. The lowest BCUT2D eigenvalue weighted by Gasteiger charge is -2.33. The normalized spacial score (nSPS) is 19.1. The van der Waals surface area contributed by atoms with Gasteiger partial charge in [0.05, 0.1) is 0 Å². The molecule has 0 spiro atoms. The van der Waals surface area contributed by atoms with Crippen molar-refractivity contribution >= 4 is 21.8 Å². The van der Waals surface area contributed by atoms with Crippen LogP contribution in [-0.4, -0.2) is 36.0 Å². The molecule has 1 aliphatic heterocycles. The molecular weight excluding hydrogens is 316 g/mol. The van der Waals surface area contributed by atoms with Crippen molar-refractivity contribution in [2.75, 3.05) is 13.1 Å². The first-order valence-electron chi connectivity index (χ1n) is 7.38. The quantitative estimate of drug-likeness (QED) is 0.911. The highest BCUT2D eigenvalue weighted by Crippen LogP contribution is 2.17. The first kappa shape index (κ1) is 15.5. The Morgan fingerprint density at radius 1 is 1.45 bits per heavy atom. The van der Waals surface area contributed by atoms with Crippen molar-refractivity contribution in [2.45, 2.75) is 45.2 Å². The average molecular weight is 339 g/mol. The summed E-state index contributed by atoms with van der Waals surface area (Å²) >= 11 is 3.43. The van der Waals surface area contributed by atoms with Gasteiger partial charge in [-0.05, 0) is 51.4 Å². The van der Waals surface area contributed by atoms with E-state index in [9.17, 15) is 4.79 Å². The van der Waals surface area contributed by atoms with E-state index in [1.165, 1.54) is 12.8 Å². The molecule has 1 saturated heterocycles. The number of hydrogen-bond acceptors (Lipinski definition) is 2. The fourth-order valence-corrected chi connectivity index (χ4v) is 3.03. The molecule has 20 heavy (non-hydrogen) atoms. The average Bonchev–Trinajstić information content (AvgIpc) is 2.45. The predicted molar refractivity (Wildman–Crippen MR) is 86.0 cm³/mol. The van der Waals surface area contributed by atoms with Gasteiger partial charge in [-0.15, -0.1) is 0 Å². The van der Waals surface area contributed by atoms with Crippen molar-refractivity contribution in [3.63, 3.8) is 0 Å². The Morgan fingerprint density at radius 3 is 2.85 bits per heavy atom. The van der Waals surface area contributed by atoms with Crippen molar-refractivity contribution in [2.24, 2.45) is 0 Å². The zero-order chi connectivity index (χ0) is 14.5. The number of benzene rings is 1. The highest BCUT2D eigenvalue weighted by atomic mass is 79.9. The van der Waals surface area contributed by atoms with Crippen LogP contribution in [0.4, 0.5) is 0 Å². The number of nitrogens with one attached hydrogen (secondary N) is 1. The van der Waals surface area contributed by atoms with Gasteiger partial charge in [-0.1, -0.05) is 28.4 Å². The molecule has 1 aromatic carbocycles. The molecule has 1 unspecified atom stereocenters. The lowest BCUT2D eigenvalue weighted by molar-refractivity contribution is 0.0676. The largest absolute Gasteiger partial charge is 0.335 e. The summed E-state index contributed by atoms with van der Waals surface area (Å²) in [5.74, 6) is 0.119. The second-order valence-corrected chi connectivity index (χ2v) is 6.62. The van der Waals surface area contributed by atoms with Crippen LogP contribution in [0.2, 0.25) is 0 Å². The number of carbonyl (C=O) groups excluding carboxylic acids is 1. The van der Waals surface area contributed by atoms with Crippen molar-refractivity contribution < 1.29 is 4.79 Å². The molecule has 0 bridgehead atoms. The van der Waals surface area contributed by atoms with E-state index in [0.29, 0.717) is 6.04 Å². The molecule has 0 aromatic heterocycles. The Morgan fingerprint density at radius 2 is 2.25 bits per heavy atom. The summed E-state index contributed by atoms with van der Waals surface area (Å²) in [7, 11) is 0. The minimum absolute atomic E-state index is 0.119. The molecule has 0 saturated carbocycles. The number of rotatable bonds is 4. The molecule has 1 amide bonds. The van der Waals surface area contributed by atoms with Gasteiger partial charge in [0.15, 0.2) is 0 Å². The van der Waals surface area contributed by atoms with Gasteiger partial charge >= 0.3 is 0 Å². The fraction of sp³-hybridized carbons (Fsp3) is 0.562. The standard InChI is InChI=1S/C16H23BrN2O/c1-12(2)19(11-15-8-3-4-9-18-15)16(20)13-6-5-7-14(17)10-13/h5-7,10,12,15,18H,3-4,8-9,11H2,1-2H3. The predicted octanol–water partition coefficient (Wildman–Crippen LogP) is 3.44. The second-order valence-electron chi connectivity index (χ2n) is 5.71. The maximum atomic E-state index is 12.7. The Kier molecular flexibility index (Phi) is 5.61. The lowest BCUT2D eigenvalue weighted by atomic mass is 10.0. The summed E-state index contributed by atoms with van der Waals surface area (Å²) in [5.41, 5.74) is 0.754. The van der Waals surface area contributed by atoms with Crippen LogP contribution >= 0.6 is 15.9 Å². The van der Waals surface area contributed by atoms with Crippen LogP contribution in [0.5, 0.6) is 0 Å². The number of piperidine rings is 1. The van der Waals surface area contributed by atoms with Crippen LogP contribution in [0.1, 0.15) is 43.5 Å². The number of amides is 1.